The van der Waals surface area contributed by atoms with Gasteiger partial charge in [0.25, 0.3) is 0 Å². The highest BCUT2D eigenvalue weighted by Crippen LogP contribution is 2.26. The lowest BCUT2D eigenvalue weighted by atomic mass is 10.0. The van der Waals surface area contributed by atoms with Crippen LogP contribution in [0.5, 0.6) is 0 Å². The van der Waals surface area contributed by atoms with Gasteiger partial charge in [0.15, 0.2) is 0 Å². The Labute approximate surface area is 189 Å². The molecule has 3 atom stereocenters. The Morgan fingerprint density at radius 1 is 1.22 bits per heavy atom. The van der Waals surface area contributed by atoms with Crippen molar-refractivity contribution in [1.29, 1.82) is 0 Å². The molecule has 0 spiro atoms. The smallest absolute Gasteiger partial charge is 0.319 e. The van der Waals surface area contributed by atoms with Crippen molar-refractivity contribution in [3.05, 3.63) is 52.5 Å². The van der Waals surface area contributed by atoms with Gasteiger partial charge in [0.05, 0.1) is 11.7 Å². The zero-order valence-corrected chi connectivity index (χ0v) is 18.3. The number of rotatable bonds is 7. The number of piperazine rings is 1. The number of nitrogens with one attached hydrogen (secondary N) is 4. The Balaban J connectivity index is 1.25. The van der Waals surface area contributed by atoms with E-state index in [4.69, 9.17) is 0 Å². The van der Waals surface area contributed by atoms with E-state index in [0.29, 0.717) is 38.9 Å². The summed E-state index contributed by atoms with van der Waals surface area (Å²) >= 11 is 1.50. The molecule has 170 valence electrons. The number of nitrogens with zero attached hydrogens (tertiary/aromatic N) is 1. The van der Waals surface area contributed by atoms with Crippen LogP contribution in [0.25, 0.3) is 0 Å². The van der Waals surface area contributed by atoms with Crippen molar-refractivity contribution < 1.29 is 18.8 Å². The van der Waals surface area contributed by atoms with Crippen LogP contribution in [0.2, 0.25) is 0 Å². The van der Waals surface area contributed by atoms with E-state index in [0.717, 1.165) is 11.3 Å². The maximum Gasteiger partial charge on any atom is 0.319 e. The molecule has 2 aromatic rings. The zero-order valence-electron chi connectivity index (χ0n) is 17.5. The number of fused-ring (bicyclic) bond motifs is 1. The standard InChI is InChI=1S/C22H26FN5O3S/c23-15-3-1-14(2-4-15)10-24-20(29)6-5-18-11-25-21(30)19-9-17(12-28(18)19)27-22(31)26-16-7-8-32-13-16/h1-4,7-8,13,17-19H,5-6,9-12H2,(H,24,29)(H,25,30)(H2,26,27,31). The molecule has 32 heavy (non-hydrogen) atoms. The highest BCUT2D eigenvalue weighted by Gasteiger charge is 2.43. The molecule has 1 aromatic carbocycles. The molecule has 2 aliphatic heterocycles. The number of anilines is 1. The number of carbonyl (C=O) groups excluding carboxylic acids is 3. The number of amides is 4. The van der Waals surface area contributed by atoms with E-state index in [-0.39, 0.29) is 41.8 Å². The minimum atomic E-state index is -0.309. The van der Waals surface area contributed by atoms with Gasteiger partial charge in [0.1, 0.15) is 5.82 Å². The van der Waals surface area contributed by atoms with Gasteiger partial charge < -0.3 is 21.3 Å². The van der Waals surface area contributed by atoms with Crippen LogP contribution in [0.3, 0.4) is 0 Å². The zero-order chi connectivity index (χ0) is 22.5. The summed E-state index contributed by atoms with van der Waals surface area (Å²) in [5, 5.41) is 15.3. The van der Waals surface area contributed by atoms with E-state index in [1.165, 1.54) is 23.5 Å². The first-order valence-corrected chi connectivity index (χ1v) is 11.6. The van der Waals surface area contributed by atoms with E-state index >= 15 is 0 Å². The molecule has 2 aliphatic rings. The fourth-order valence-electron chi connectivity index (χ4n) is 4.23. The van der Waals surface area contributed by atoms with Crippen LogP contribution < -0.4 is 21.3 Å². The van der Waals surface area contributed by atoms with Gasteiger partial charge in [-0.2, -0.15) is 11.3 Å². The molecule has 10 heteroatoms. The lowest BCUT2D eigenvalue weighted by Gasteiger charge is -2.37. The molecule has 0 bridgehead atoms. The summed E-state index contributed by atoms with van der Waals surface area (Å²) in [7, 11) is 0. The quantitative estimate of drug-likeness (QED) is 0.509. The second-order valence-corrected chi connectivity index (χ2v) is 8.88. The van der Waals surface area contributed by atoms with Crippen molar-refractivity contribution in [1.82, 2.24) is 20.9 Å². The van der Waals surface area contributed by atoms with E-state index in [1.54, 1.807) is 12.1 Å². The maximum atomic E-state index is 13.0. The van der Waals surface area contributed by atoms with Gasteiger partial charge >= 0.3 is 6.03 Å². The predicted octanol–water partition coefficient (Wildman–Crippen LogP) is 2.05. The van der Waals surface area contributed by atoms with Crippen LogP contribution in [0.4, 0.5) is 14.9 Å². The summed E-state index contributed by atoms with van der Waals surface area (Å²) in [6.07, 6.45) is 1.46. The molecule has 3 unspecified atom stereocenters. The minimum Gasteiger partial charge on any atom is -0.353 e. The third kappa shape index (κ3) is 5.63. The fourth-order valence-corrected chi connectivity index (χ4v) is 4.81. The van der Waals surface area contributed by atoms with Gasteiger partial charge in [0.2, 0.25) is 11.8 Å². The number of halogens is 1. The van der Waals surface area contributed by atoms with Gasteiger partial charge in [-0.25, -0.2) is 9.18 Å². The first-order chi connectivity index (χ1) is 15.5. The Morgan fingerprint density at radius 2 is 2.03 bits per heavy atom. The average Bonchev–Trinajstić information content (AvgIpc) is 3.43. The number of hydrogen-bond acceptors (Lipinski definition) is 5. The molecular weight excluding hydrogens is 433 g/mol. The molecule has 8 nitrogen and oxygen atoms in total. The number of urea groups is 1. The summed E-state index contributed by atoms with van der Waals surface area (Å²) in [6, 6.07) is 7.14. The maximum absolute atomic E-state index is 13.0. The SMILES string of the molecule is O=C(CCC1CNC(=O)C2CC(NC(=O)Nc3ccsc3)CN12)NCc1ccc(F)cc1. The van der Waals surface area contributed by atoms with Crippen molar-refractivity contribution in [2.75, 3.05) is 18.4 Å². The van der Waals surface area contributed by atoms with Crippen LogP contribution in [-0.4, -0.2) is 54.0 Å². The highest BCUT2D eigenvalue weighted by molar-refractivity contribution is 7.08. The third-order valence-electron chi connectivity index (χ3n) is 5.84. The van der Waals surface area contributed by atoms with Crippen LogP contribution in [0, 0.1) is 5.82 Å². The fraction of sp³-hybridized carbons (Fsp3) is 0.409. The summed E-state index contributed by atoms with van der Waals surface area (Å²) in [5.41, 5.74) is 1.57. The molecule has 4 N–H and O–H groups in total. The van der Waals surface area contributed by atoms with Crippen molar-refractivity contribution >= 4 is 34.9 Å². The monoisotopic (exact) mass is 459 g/mol. The van der Waals surface area contributed by atoms with Gasteiger partial charge in [0, 0.05) is 43.5 Å². The molecule has 4 rings (SSSR count). The van der Waals surface area contributed by atoms with Gasteiger partial charge in [-0.3, -0.25) is 14.5 Å². The predicted molar refractivity (Wildman–Crippen MR) is 120 cm³/mol. The van der Waals surface area contributed by atoms with Gasteiger partial charge in [-0.15, -0.1) is 0 Å². The molecule has 0 saturated carbocycles. The molecule has 0 aliphatic carbocycles. The third-order valence-corrected chi connectivity index (χ3v) is 6.53. The van der Waals surface area contributed by atoms with E-state index < -0.39 is 0 Å². The number of hydrogen-bond donors (Lipinski definition) is 4. The van der Waals surface area contributed by atoms with Crippen LogP contribution in [0.1, 0.15) is 24.8 Å². The van der Waals surface area contributed by atoms with E-state index in [9.17, 15) is 18.8 Å². The second kappa shape index (κ2) is 10.1. The first kappa shape index (κ1) is 22.2. The van der Waals surface area contributed by atoms with Crippen molar-refractivity contribution in [3.63, 3.8) is 0 Å². The normalized spacial score (nSPS) is 22.7. The first-order valence-electron chi connectivity index (χ1n) is 10.6. The van der Waals surface area contributed by atoms with Gasteiger partial charge in [-0.1, -0.05) is 12.1 Å². The lowest BCUT2D eigenvalue weighted by Crippen LogP contribution is -2.58. The van der Waals surface area contributed by atoms with Crippen molar-refractivity contribution in [3.8, 4) is 0 Å². The molecule has 2 fully saturated rings. The lowest BCUT2D eigenvalue weighted by molar-refractivity contribution is -0.129. The summed E-state index contributed by atoms with van der Waals surface area (Å²) in [5.74, 6) is -0.437. The van der Waals surface area contributed by atoms with Crippen LogP contribution in [-0.2, 0) is 16.1 Å². The molecule has 2 saturated heterocycles. The van der Waals surface area contributed by atoms with E-state index in [2.05, 4.69) is 26.2 Å². The topological polar surface area (TPSA) is 103 Å². The summed E-state index contributed by atoms with van der Waals surface area (Å²) < 4.78 is 13.0. The van der Waals surface area contributed by atoms with Gasteiger partial charge in [-0.05, 0) is 42.0 Å². The number of thiophene rings is 1. The summed E-state index contributed by atoms with van der Waals surface area (Å²) in [6.45, 7) is 1.39. The minimum absolute atomic E-state index is 0.0287. The largest absolute Gasteiger partial charge is 0.353 e. The number of carbonyl (C=O) groups is 3. The Bertz CT molecular complexity index is 953. The Kier molecular flexibility index (Phi) is 7.01. The van der Waals surface area contributed by atoms with Crippen LogP contribution >= 0.6 is 11.3 Å². The number of benzene rings is 1. The van der Waals surface area contributed by atoms with E-state index in [1.807, 2.05) is 16.8 Å². The van der Waals surface area contributed by atoms with Crippen molar-refractivity contribution in [2.45, 2.75) is 43.9 Å². The molecule has 1 aromatic heterocycles. The molecule has 3 heterocycles. The molecule has 4 amide bonds. The average molecular weight is 460 g/mol. The molecule has 0 radical (unpaired) electrons. The second-order valence-electron chi connectivity index (χ2n) is 8.10. The van der Waals surface area contributed by atoms with Crippen LogP contribution in [0.15, 0.2) is 41.1 Å². The summed E-state index contributed by atoms with van der Waals surface area (Å²) in [4.78, 5) is 39.0. The Hall–Kier alpha value is -2.98. The van der Waals surface area contributed by atoms with Crippen molar-refractivity contribution in [2.24, 2.45) is 0 Å². The highest BCUT2D eigenvalue weighted by atomic mass is 32.1. The Morgan fingerprint density at radius 3 is 2.78 bits per heavy atom. The molecular formula is C22H26FN5O3S.